The van der Waals surface area contributed by atoms with Crippen LogP contribution in [-0.2, 0) is 56.1 Å². The van der Waals surface area contributed by atoms with Crippen LogP contribution in [0.15, 0.2) is 96.4 Å². The minimum atomic E-state index is -1.28. The number of anilines is 1. The fourth-order valence-corrected chi connectivity index (χ4v) is 7.45. The van der Waals surface area contributed by atoms with Gasteiger partial charge in [-0.15, -0.1) is 11.3 Å². The summed E-state index contributed by atoms with van der Waals surface area (Å²) in [6, 6.07) is 24.6. The standard InChI is InChI=1S/C43H51N5O6S/c1-28(2)22-32-11-6-10-30(23-32)15-18-36-41(51)47-37(24-29-8-4-3-5-9-29)42(52)48-38(43(53)54)25-31-13-16-33(17-14-31)45-39(49)19-20-40(50)46-34(27-44-36)26-35-12-7-21-55-35/h3-14,16-17,21,23,28,34,36-38,44H,15,18-20,22,24-27H2,1-2H3,(H,45,49)(H,46,50)(H,47,51)(H,48,52)(H,53,54). The van der Waals surface area contributed by atoms with Crippen LogP contribution in [0.3, 0.4) is 0 Å². The van der Waals surface area contributed by atoms with E-state index in [0.717, 1.165) is 22.4 Å². The Hall–Kier alpha value is -5.33. The first kappa shape index (κ1) is 40.8. The first-order chi connectivity index (χ1) is 26.5. The number of aryl methyl sites for hydroxylation is 1. The van der Waals surface area contributed by atoms with Crippen molar-refractivity contribution >= 4 is 46.6 Å². The number of thiophene rings is 1. The normalized spacial score (nSPS) is 20.5. The number of nitrogens with one attached hydrogen (secondary N) is 5. The second kappa shape index (κ2) is 20.4. The van der Waals surface area contributed by atoms with Crippen molar-refractivity contribution in [3.05, 3.63) is 124 Å². The highest BCUT2D eigenvalue weighted by Crippen LogP contribution is 2.16. The molecule has 1 aromatic heterocycles. The van der Waals surface area contributed by atoms with Gasteiger partial charge in [0, 0.05) is 55.3 Å². The molecule has 0 saturated heterocycles. The molecular formula is C43H51N5O6S. The van der Waals surface area contributed by atoms with Crippen LogP contribution in [0.25, 0.3) is 0 Å². The van der Waals surface area contributed by atoms with E-state index in [-0.39, 0.29) is 44.0 Å². The zero-order chi connectivity index (χ0) is 39.2. The molecule has 0 fully saturated rings. The molecule has 4 atom stereocenters. The number of fused-ring (bicyclic) bond motifs is 18. The van der Waals surface area contributed by atoms with Gasteiger partial charge in [0.05, 0.1) is 6.04 Å². The van der Waals surface area contributed by atoms with Gasteiger partial charge >= 0.3 is 5.97 Å². The summed E-state index contributed by atoms with van der Waals surface area (Å²) < 4.78 is 0. The van der Waals surface area contributed by atoms with Crippen LogP contribution in [0.2, 0.25) is 0 Å². The SMILES string of the molecule is CC(C)Cc1cccc(CCC2NCC(Cc3cccs3)NC(=O)CCC(=O)Nc3ccc(cc3)CC(C(=O)O)NC(=O)C(Cc3ccccc3)NC2=O)c1. The zero-order valence-electron chi connectivity index (χ0n) is 31.4. The van der Waals surface area contributed by atoms with Gasteiger partial charge in [0.25, 0.3) is 0 Å². The van der Waals surface area contributed by atoms with E-state index in [1.807, 2.05) is 60.0 Å². The number of benzene rings is 3. The molecule has 0 aliphatic carbocycles. The van der Waals surface area contributed by atoms with Crippen LogP contribution in [-0.4, -0.2) is 65.4 Å². The lowest BCUT2D eigenvalue weighted by Crippen LogP contribution is -2.57. The summed E-state index contributed by atoms with van der Waals surface area (Å²) in [6.07, 6.45) is 2.46. The Morgan fingerprint density at radius 3 is 2.18 bits per heavy atom. The zero-order valence-corrected chi connectivity index (χ0v) is 32.2. The van der Waals surface area contributed by atoms with Crippen LogP contribution < -0.4 is 26.6 Å². The Balaban J connectivity index is 1.45. The maximum Gasteiger partial charge on any atom is 0.326 e. The van der Waals surface area contributed by atoms with Crippen molar-refractivity contribution in [3.8, 4) is 0 Å². The molecule has 0 saturated carbocycles. The van der Waals surface area contributed by atoms with Gasteiger partial charge in [0.2, 0.25) is 23.6 Å². The average molecular weight is 766 g/mol. The Morgan fingerprint density at radius 2 is 1.47 bits per heavy atom. The van der Waals surface area contributed by atoms with Crippen LogP contribution in [0.1, 0.15) is 60.2 Å². The molecule has 290 valence electrons. The van der Waals surface area contributed by atoms with Gasteiger partial charge in [-0.2, -0.15) is 0 Å². The van der Waals surface area contributed by atoms with E-state index in [0.29, 0.717) is 36.4 Å². The lowest BCUT2D eigenvalue weighted by molar-refractivity contribution is -0.142. The van der Waals surface area contributed by atoms with Crippen molar-refractivity contribution in [1.29, 1.82) is 0 Å². The molecule has 3 aromatic carbocycles. The molecule has 2 aliphatic heterocycles. The summed E-state index contributed by atoms with van der Waals surface area (Å²) in [5.41, 5.74) is 4.21. The van der Waals surface area contributed by atoms with E-state index < -0.39 is 42.0 Å². The van der Waals surface area contributed by atoms with Crippen molar-refractivity contribution in [2.24, 2.45) is 5.92 Å². The Labute approximate surface area is 326 Å². The average Bonchev–Trinajstić information content (AvgIpc) is 3.67. The number of hydrogen-bond acceptors (Lipinski definition) is 7. The maximum absolute atomic E-state index is 14.3. The number of hydrogen-bond donors (Lipinski definition) is 6. The third-order valence-corrected chi connectivity index (χ3v) is 10.4. The molecule has 2 aliphatic rings. The number of carboxylic acid groups (broad SMARTS) is 1. The van der Waals surface area contributed by atoms with E-state index >= 15 is 0 Å². The first-order valence-electron chi connectivity index (χ1n) is 18.9. The summed E-state index contributed by atoms with van der Waals surface area (Å²) in [5.74, 6) is -2.40. The smallest absolute Gasteiger partial charge is 0.326 e. The second-order valence-electron chi connectivity index (χ2n) is 14.6. The third kappa shape index (κ3) is 13.5. The molecule has 6 N–H and O–H groups in total. The van der Waals surface area contributed by atoms with E-state index in [1.54, 1.807) is 35.6 Å². The minimum absolute atomic E-state index is 0.0207. The van der Waals surface area contributed by atoms with Crippen LogP contribution >= 0.6 is 11.3 Å². The summed E-state index contributed by atoms with van der Waals surface area (Å²) in [5, 5.41) is 27.0. The molecule has 3 heterocycles. The maximum atomic E-state index is 14.3. The van der Waals surface area contributed by atoms with Crippen molar-refractivity contribution < 1.29 is 29.1 Å². The van der Waals surface area contributed by atoms with Crippen LogP contribution in [0.4, 0.5) is 5.69 Å². The fraction of sp³-hybridized carbons (Fsp3) is 0.372. The molecule has 6 rings (SSSR count). The number of rotatable bonds is 10. The molecule has 11 nitrogen and oxygen atoms in total. The fourth-order valence-electron chi connectivity index (χ4n) is 6.66. The van der Waals surface area contributed by atoms with Gasteiger partial charge in [-0.3, -0.25) is 19.2 Å². The van der Waals surface area contributed by atoms with E-state index in [4.69, 9.17) is 0 Å². The Bertz CT molecular complexity index is 1880. The van der Waals surface area contributed by atoms with Crippen molar-refractivity contribution in [2.45, 2.75) is 89.4 Å². The van der Waals surface area contributed by atoms with E-state index in [2.05, 4.69) is 52.6 Å². The second-order valence-corrected chi connectivity index (χ2v) is 15.6. The lowest BCUT2D eigenvalue weighted by Gasteiger charge is -2.26. The van der Waals surface area contributed by atoms with Crippen LogP contribution in [0, 0.1) is 5.92 Å². The van der Waals surface area contributed by atoms with E-state index in [9.17, 15) is 29.1 Å². The number of carbonyl (C=O) groups is 5. The number of amides is 4. The Morgan fingerprint density at radius 1 is 0.764 bits per heavy atom. The molecule has 12 heteroatoms. The number of carbonyl (C=O) groups excluding carboxylic acids is 4. The van der Waals surface area contributed by atoms with Gasteiger partial charge < -0.3 is 31.7 Å². The van der Waals surface area contributed by atoms with Crippen molar-refractivity contribution in [3.63, 3.8) is 0 Å². The van der Waals surface area contributed by atoms with Gasteiger partial charge in [0.1, 0.15) is 12.1 Å². The van der Waals surface area contributed by atoms with Crippen molar-refractivity contribution in [1.82, 2.24) is 21.3 Å². The third-order valence-electron chi connectivity index (χ3n) is 9.46. The number of carboxylic acids is 1. The number of aliphatic carboxylic acids is 1. The highest BCUT2D eigenvalue weighted by Gasteiger charge is 2.30. The summed E-state index contributed by atoms with van der Waals surface area (Å²) in [7, 11) is 0. The summed E-state index contributed by atoms with van der Waals surface area (Å²) in [6.45, 7) is 4.58. The lowest BCUT2D eigenvalue weighted by atomic mass is 9.97. The summed E-state index contributed by atoms with van der Waals surface area (Å²) >= 11 is 1.57. The molecule has 55 heavy (non-hydrogen) atoms. The molecule has 0 radical (unpaired) electrons. The van der Waals surface area contributed by atoms with Gasteiger partial charge in [-0.25, -0.2) is 4.79 Å². The van der Waals surface area contributed by atoms with Gasteiger partial charge in [-0.1, -0.05) is 86.6 Å². The molecule has 2 bridgehead atoms. The molecule has 4 aromatic rings. The molecule has 0 spiro atoms. The monoisotopic (exact) mass is 765 g/mol. The van der Waals surface area contributed by atoms with E-state index in [1.165, 1.54) is 5.56 Å². The summed E-state index contributed by atoms with van der Waals surface area (Å²) in [4.78, 5) is 67.8. The topological polar surface area (TPSA) is 166 Å². The largest absolute Gasteiger partial charge is 0.480 e. The minimum Gasteiger partial charge on any atom is -0.480 e. The van der Waals surface area contributed by atoms with Gasteiger partial charge in [-0.05, 0) is 71.0 Å². The van der Waals surface area contributed by atoms with Crippen molar-refractivity contribution in [2.75, 3.05) is 11.9 Å². The van der Waals surface area contributed by atoms with Gasteiger partial charge in [0.15, 0.2) is 0 Å². The highest BCUT2D eigenvalue weighted by molar-refractivity contribution is 7.09. The predicted octanol–water partition coefficient (Wildman–Crippen LogP) is 4.84. The highest BCUT2D eigenvalue weighted by atomic mass is 32.1. The molecule has 4 unspecified atom stereocenters. The quantitative estimate of drug-likeness (QED) is 0.126. The first-order valence-corrected chi connectivity index (χ1v) is 19.8. The van der Waals surface area contributed by atoms with Crippen LogP contribution in [0.5, 0.6) is 0 Å². The molecular weight excluding hydrogens is 715 g/mol. The Kier molecular flexibility index (Phi) is 15.1. The predicted molar refractivity (Wildman–Crippen MR) is 215 cm³/mol. The molecule has 4 amide bonds.